The van der Waals surface area contributed by atoms with Crippen molar-refractivity contribution >= 4 is 39.6 Å². The van der Waals surface area contributed by atoms with Crippen molar-refractivity contribution in [1.29, 1.82) is 5.26 Å². The summed E-state index contributed by atoms with van der Waals surface area (Å²) in [6, 6.07) is 8.57. The van der Waals surface area contributed by atoms with E-state index in [2.05, 4.69) is 30.9 Å². The average molecular weight is 568 g/mol. The predicted molar refractivity (Wildman–Crippen MR) is 141 cm³/mol. The molecular weight excluding hydrogens is 548 g/mol. The summed E-state index contributed by atoms with van der Waals surface area (Å²) in [5.74, 6) is -2.99. The van der Waals surface area contributed by atoms with Gasteiger partial charge >= 0.3 is 0 Å². The number of halogens is 5. The molecule has 5 aromatic rings. The Morgan fingerprint density at radius 2 is 1.88 bits per heavy atom. The molecule has 1 unspecified atom stereocenters. The van der Waals surface area contributed by atoms with E-state index >= 15 is 0 Å². The van der Waals surface area contributed by atoms with E-state index in [0.717, 1.165) is 12.3 Å². The topological polar surface area (TPSA) is 104 Å². The number of pyridine rings is 2. The van der Waals surface area contributed by atoms with Gasteiger partial charge in [-0.2, -0.15) is 9.65 Å². The Labute approximate surface area is 231 Å². The van der Waals surface area contributed by atoms with Crippen LogP contribution in [0.5, 0.6) is 0 Å². The molecule has 3 aromatic heterocycles. The first kappa shape index (κ1) is 25.5. The monoisotopic (exact) mass is 567 g/mol. The lowest BCUT2D eigenvalue weighted by atomic mass is 10.0. The molecule has 0 radical (unpaired) electrons. The maximum absolute atomic E-state index is 13.9. The number of rotatable bonds is 8. The first-order valence-electron chi connectivity index (χ1n) is 12.3. The van der Waals surface area contributed by atoms with E-state index < -0.39 is 36.3 Å². The van der Waals surface area contributed by atoms with Crippen LogP contribution in [0.15, 0.2) is 61.1 Å². The van der Waals surface area contributed by atoms with Crippen molar-refractivity contribution in [2.45, 2.75) is 19.0 Å². The van der Waals surface area contributed by atoms with Crippen LogP contribution in [0.2, 0.25) is 5.02 Å². The minimum absolute atomic E-state index is 0.0575. The number of anilines is 3. The zero-order chi connectivity index (χ0) is 29.3. The van der Waals surface area contributed by atoms with E-state index in [0.29, 0.717) is 5.39 Å². The van der Waals surface area contributed by atoms with Crippen LogP contribution in [0.1, 0.15) is 37.2 Å². The van der Waals surface area contributed by atoms with Gasteiger partial charge in [-0.05, 0) is 36.8 Å². The zero-order valence-electron chi connectivity index (χ0n) is 21.6. The molecule has 13 heteroatoms. The van der Waals surface area contributed by atoms with Crippen LogP contribution in [0, 0.1) is 28.9 Å². The Bertz CT molecular complexity index is 1790. The number of fused-ring (bicyclic) bond motifs is 1. The van der Waals surface area contributed by atoms with Gasteiger partial charge in [0.15, 0.2) is 5.82 Å². The smallest absolute Gasteiger partial charge is 0.249 e. The Morgan fingerprint density at radius 3 is 2.58 bits per heavy atom. The van der Waals surface area contributed by atoms with Crippen LogP contribution in [0.25, 0.3) is 10.9 Å². The molecule has 3 heterocycles. The zero-order valence-corrected chi connectivity index (χ0v) is 21.4. The highest BCUT2D eigenvalue weighted by molar-refractivity contribution is 6.36. The summed E-state index contributed by atoms with van der Waals surface area (Å²) in [5.41, 5.74) is 1.20. The van der Waals surface area contributed by atoms with Crippen LogP contribution in [0.3, 0.4) is 0 Å². The van der Waals surface area contributed by atoms with Gasteiger partial charge in [0.1, 0.15) is 24.3 Å². The quantitative estimate of drug-likeness (QED) is 0.160. The lowest BCUT2D eigenvalue weighted by molar-refractivity contribution is 0.351. The van der Waals surface area contributed by atoms with Crippen molar-refractivity contribution in [3.05, 3.63) is 100 Å². The van der Waals surface area contributed by atoms with Gasteiger partial charge in [0.25, 0.3) is 0 Å². The molecule has 2 atom stereocenters. The first-order chi connectivity index (χ1) is 19.6. The third kappa shape index (κ3) is 5.37. The second-order valence-corrected chi connectivity index (χ2v) is 9.14. The number of hydrogen-bond donors (Lipinski definition) is 2. The molecule has 0 saturated heterocycles. The van der Waals surface area contributed by atoms with Gasteiger partial charge in [-0.15, -0.1) is 5.10 Å². The molecule has 2 aromatic carbocycles. The largest absolute Gasteiger partial charge is 0.373 e. The molecule has 0 saturated carbocycles. The molecule has 0 fully saturated rings. The molecule has 0 aliphatic heterocycles. The molecule has 0 aliphatic rings. The molecular formula is C27H19ClF4N8. The highest BCUT2D eigenvalue weighted by Gasteiger charge is 2.21. The first-order valence-corrected chi connectivity index (χ1v) is 12.1. The number of nitrogens with one attached hydrogen (secondary N) is 2. The second-order valence-electron chi connectivity index (χ2n) is 8.73. The van der Waals surface area contributed by atoms with Gasteiger partial charge in [-0.1, -0.05) is 28.9 Å². The number of hydrogen-bond acceptors (Lipinski definition) is 7. The molecule has 2 N–H and O–H groups in total. The molecule has 40 heavy (non-hydrogen) atoms. The molecule has 0 bridgehead atoms. The van der Waals surface area contributed by atoms with Gasteiger partial charge in [0.2, 0.25) is 5.95 Å². The third-order valence-electron chi connectivity index (χ3n) is 5.95. The van der Waals surface area contributed by atoms with Crippen molar-refractivity contribution in [2.75, 3.05) is 17.3 Å². The fourth-order valence-electron chi connectivity index (χ4n) is 3.91. The van der Waals surface area contributed by atoms with Crippen LogP contribution < -0.4 is 10.6 Å². The Morgan fingerprint density at radius 1 is 1.10 bits per heavy atom. The van der Waals surface area contributed by atoms with Crippen molar-refractivity contribution < 1.29 is 18.9 Å². The lowest BCUT2D eigenvalue weighted by Crippen LogP contribution is -2.13. The Balaban J connectivity index is 1.65. The molecule has 5 rings (SSSR count). The highest BCUT2D eigenvalue weighted by Crippen LogP contribution is 2.36. The molecule has 0 spiro atoms. The Kier molecular flexibility index (Phi) is 7.11. The minimum atomic E-state index is -1.86. The van der Waals surface area contributed by atoms with Crippen molar-refractivity contribution in [3.63, 3.8) is 0 Å². The van der Waals surface area contributed by atoms with Gasteiger partial charge in [0, 0.05) is 23.3 Å². The van der Waals surface area contributed by atoms with E-state index in [4.69, 9.17) is 11.6 Å². The van der Waals surface area contributed by atoms with Crippen molar-refractivity contribution in [1.82, 2.24) is 25.0 Å². The van der Waals surface area contributed by atoms with Crippen LogP contribution >= 0.6 is 11.6 Å². The van der Waals surface area contributed by atoms with E-state index in [1.165, 1.54) is 47.4 Å². The highest BCUT2D eigenvalue weighted by atomic mass is 35.5. The van der Waals surface area contributed by atoms with Crippen LogP contribution in [0.4, 0.5) is 34.6 Å². The van der Waals surface area contributed by atoms with Crippen LogP contribution in [-0.4, -0.2) is 31.6 Å². The second kappa shape index (κ2) is 11.2. The maximum Gasteiger partial charge on any atom is 0.249 e. The summed E-state index contributed by atoms with van der Waals surface area (Å²) in [5, 5.41) is 24.1. The van der Waals surface area contributed by atoms with Gasteiger partial charge in [-0.25, -0.2) is 22.8 Å². The summed E-state index contributed by atoms with van der Waals surface area (Å²) in [4.78, 5) is 7.62. The normalized spacial score (nSPS) is 13.8. The standard InChI is InChI=1S/C27H19ClF4N8/c1-14(9-29)40-13-23(38-39-40)25(15-2-4-17(30)5-3-15)36-18-6-20-24(37-19-8-22(31)27(32)35-12-19)16(10-33)11-34-26(20)21(28)7-18/h2-8,11-14,25,36H,9H2,1H3,(H,34,37)/t14-,25?/m0/s1/i25D. The van der Waals surface area contributed by atoms with Gasteiger partial charge in [-0.3, -0.25) is 4.98 Å². The fraction of sp³-hybridized carbons (Fsp3) is 0.148. The van der Waals surface area contributed by atoms with E-state index in [9.17, 15) is 24.2 Å². The summed E-state index contributed by atoms with van der Waals surface area (Å²) in [7, 11) is 0. The van der Waals surface area contributed by atoms with E-state index in [-0.39, 0.29) is 44.4 Å². The molecule has 202 valence electrons. The fourth-order valence-corrected chi connectivity index (χ4v) is 4.18. The molecule has 0 aliphatic carbocycles. The predicted octanol–water partition coefficient (Wildman–Crippen LogP) is 6.64. The number of aromatic nitrogens is 5. The Hall–Kier alpha value is -4.76. The third-order valence-corrected chi connectivity index (χ3v) is 6.24. The lowest BCUT2D eigenvalue weighted by Gasteiger charge is -2.20. The number of alkyl halides is 1. The van der Waals surface area contributed by atoms with Crippen molar-refractivity contribution in [3.8, 4) is 6.07 Å². The summed E-state index contributed by atoms with van der Waals surface area (Å²) in [6.45, 7) is 0.880. The summed E-state index contributed by atoms with van der Waals surface area (Å²) < 4.78 is 65.0. The van der Waals surface area contributed by atoms with Crippen LogP contribution in [-0.2, 0) is 0 Å². The minimum Gasteiger partial charge on any atom is -0.373 e. The summed E-state index contributed by atoms with van der Waals surface area (Å²) >= 11 is 6.57. The SMILES string of the molecule is [2H]C(Nc1cc(Cl)c2ncc(C#N)c(Nc3cnc(F)c(F)c3)c2c1)(c1ccc(F)cc1)c1cn([C@@H](C)CF)nn1. The molecule has 8 nitrogen and oxygen atoms in total. The van der Waals surface area contributed by atoms with Crippen molar-refractivity contribution in [2.24, 2.45) is 0 Å². The number of benzene rings is 2. The van der Waals surface area contributed by atoms with Gasteiger partial charge < -0.3 is 10.6 Å². The average Bonchev–Trinajstić information content (AvgIpc) is 3.46. The summed E-state index contributed by atoms with van der Waals surface area (Å²) in [6.07, 6.45) is 3.74. The van der Waals surface area contributed by atoms with E-state index in [1.807, 2.05) is 6.07 Å². The molecule has 0 amide bonds. The number of nitrogens with zero attached hydrogens (tertiary/aromatic N) is 6. The van der Waals surface area contributed by atoms with Gasteiger partial charge in [0.05, 0.1) is 53.3 Å². The van der Waals surface area contributed by atoms with E-state index in [1.54, 1.807) is 13.0 Å². The maximum atomic E-state index is 13.9. The number of nitriles is 1.